The Labute approximate surface area is 370 Å². The van der Waals surface area contributed by atoms with E-state index in [0.717, 1.165) is 35.6 Å². The minimum absolute atomic E-state index is 0.872. The number of pyridine rings is 2. The maximum atomic E-state index is 4.80. The van der Waals surface area contributed by atoms with Gasteiger partial charge in [-0.05, 0) is 83.6 Å². The molecule has 0 saturated heterocycles. The number of hydrogen-bond donors (Lipinski definition) is 0. The molecule has 0 N–H and O–H groups in total. The van der Waals surface area contributed by atoms with Gasteiger partial charge in [0.05, 0.1) is 11.4 Å². The van der Waals surface area contributed by atoms with E-state index in [1.54, 1.807) is 0 Å². The molecule has 0 bridgehead atoms. The van der Waals surface area contributed by atoms with Crippen molar-refractivity contribution in [3.63, 3.8) is 0 Å². The molecule has 0 aliphatic rings. The summed E-state index contributed by atoms with van der Waals surface area (Å²) in [6.07, 6.45) is 34.0. The van der Waals surface area contributed by atoms with Crippen molar-refractivity contribution >= 4 is 67.9 Å². The molecule has 0 unspecified atom stereocenters. The third kappa shape index (κ3) is 10.6. The van der Waals surface area contributed by atoms with Crippen molar-refractivity contribution in [1.82, 2.24) is 19.1 Å². The predicted molar refractivity (Wildman–Crippen MR) is 269 cm³/mol. The molecule has 0 fully saturated rings. The number of hydrogen-bond acceptors (Lipinski definition) is 2. The summed E-state index contributed by atoms with van der Waals surface area (Å²) in [4.78, 5) is 9.60. The molecule has 318 valence electrons. The number of aromatic nitrogens is 4. The van der Waals surface area contributed by atoms with Crippen LogP contribution in [0.1, 0.15) is 139 Å². The summed E-state index contributed by atoms with van der Waals surface area (Å²) in [6, 6.07) is 40.0. The summed E-state index contributed by atoms with van der Waals surface area (Å²) in [6.45, 7) is 6.72. The van der Waals surface area contributed by atoms with Gasteiger partial charge in [-0.15, -0.1) is 0 Å². The van der Waals surface area contributed by atoms with E-state index in [1.807, 2.05) is 12.4 Å². The fourth-order valence-electron chi connectivity index (χ4n) is 9.34. The second kappa shape index (κ2) is 21.9. The molecule has 4 nitrogen and oxygen atoms in total. The lowest BCUT2D eigenvalue weighted by molar-refractivity contribution is 0.553. The Morgan fingerprint density at radius 3 is 1.11 bits per heavy atom. The monoisotopic (exact) mass is 819 g/mol. The van der Waals surface area contributed by atoms with E-state index in [1.165, 1.54) is 157 Å². The summed E-state index contributed by atoms with van der Waals surface area (Å²) in [5.41, 5.74) is 11.6. The van der Waals surface area contributed by atoms with Crippen LogP contribution in [0, 0.1) is 0 Å². The summed E-state index contributed by atoms with van der Waals surface area (Å²) in [5, 5.41) is 5.33. The second-order valence-electron chi connectivity index (χ2n) is 17.5. The number of unbranched alkanes of at least 4 members (excludes halogenated alkanes) is 14. The zero-order chi connectivity index (χ0) is 42.4. The first-order valence-corrected chi connectivity index (χ1v) is 24.0. The van der Waals surface area contributed by atoms with Crippen LogP contribution in [0.4, 0.5) is 0 Å². The molecule has 0 spiro atoms. The molecular weight excluding hydrogens is 753 g/mol. The van der Waals surface area contributed by atoms with Crippen molar-refractivity contribution in [1.29, 1.82) is 0 Å². The quantitative estimate of drug-likeness (QED) is 0.0603. The topological polar surface area (TPSA) is 35.6 Å². The molecule has 62 heavy (non-hydrogen) atoms. The van der Waals surface area contributed by atoms with Gasteiger partial charge in [0.25, 0.3) is 0 Å². The molecule has 0 saturated carbocycles. The van der Waals surface area contributed by atoms with Crippen LogP contribution in [0.25, 0.3) is 79.3 Å². The lowest BCUT2D eigenvalue weighted by atomic mass is 10.1. The molecule has 4 aromatic carbocycles. The predicted octanol–water partition coefficient (Wildman–Crippen LogP) is 17.0. The highest BCUT2D eigenvalue weighted by atomic mass is 15.0. The van der Waals surface area contributed by atoms with E-state index >= 15 is 0 Å². The Hall–Kier alpha value is -5.74. The lowest BCUT2D eigenvalue weighted by Crippen LogP contribution is -1.97. The van der Waals surface area contributed by atoms with Crippen LogP contribution < -0.4 is 0 Å². The molecule has 0 radical (unpaired) electrons. The molecule has 0 atom stereocenters. The van der Waals surface area contributed by atoms with Crippen LogP contribution in [0.3, 0.4) is 0 Å². The summed E-state index contributed by atoms with van der Waals surface area (Å²) in [7, 11) is 0. The zero-order valence-corrected chi connectivity index (χ0v) is 37.4. The first-order valence-electron chi connectivity index (χ1n) is 24.0. The molecular formula is C58H66N4. The molecule has 8 aromatic rings. The highest BCUT2D eigenvalue weighted by Crippen LogP contribution is 2.33. The van der Waals surface area contributed by atoms with Gasteiger partial charge >= 0.3 is 0 Å². The van der Waals surface area contributed by atoms with Gasteiger partial charge in [0.1, 0.15) is 0 Å². The average molecular weight is 819 g/mol. The van der Waals surface area contributed by atoms with Gasteiger partial charge in [0.15, 0.2) is 0 Å². The van der Waals surface area contributed by atoms with Crippen LogP contribution in [0.5, 0.6) is 0 Å². The van der Waals surface area contributed by atoms with Crippen molar-refractivity contribution in [2.24, 2.45) is 0 Å². The first-order chi connectivity index (χ1) is 30.7. The smallest absolute Gasteiger partial charge is 0.0886 e. The fourth-order valence-corrected chi connectivity index (χ4v) is 9.34. The van der Waals surface area contributed by atoms with Gasteiger partial charge in [-0.2, -0.15) is 0 Å². The molecule has 4 heterocycles. The SMILES string of the molecule is CCCCCCCCCCn1c2ccccc2c2cc(C=Cc3ccc(-c4ccc(C=Cc5ccc6c(c5)c5ccccc5n6CCCCCCCCCC)cn4)nc3)ccc21. The van der Waals surface area contributed by atoms with E-state index in [2.05, 4.69) is 156 Å². The maximum absolute atomic E-state index is 4.80. The highest BCUT2D eigenvalue weighted by Gasteiger charge is 2.12. The number of aryl methyl sites for hydroxylation is 2. The van der Waals surface area contributed by atoms with Crippen LogP contribution in [0.15, 0.2) is 122 Å². The normalized spacial score (nSPS) is 12.1. The van der Waals surface area contributed by atoms with E-state index < -0.39 is 0 Å². The van der Waals surface area contributed by atoms with Crippen LogP contribution in [-0.2, 0) is 13.1 Å². The molecule has 8 rings (SSSR count). The summed E-state index contributed by atoms with van der Waals surface area (Å²) >= 11 is 0. The van der Waals surface area contributed by atoms with Crippen LogP contribution >= 0.6 is 0 Å². The number of fused-ring (bicyclic) bond motifs is 6. The van der Waals surface area contributed by atoms with E-state index in [-0.39, 0.29) is 0 Å². The molecule has 0 aliphatic carbocycles. The molecule has 0 amide bonds. The third-order valence-corrected chi connectivity index (χ3v) is 12.8. The molecule has 0 aliphatic heterocycles. The largest absolute Gasteiger partial charge is 0.340 e. The second-order valence-corrected chi connectivity index (χ2v) is 17.5. The van der Waals surface area contributed by atoms with Crippen molar-refractivity contribution in [2.45, 2.75) is 130 Å². The summed E-state index contributed by atoms with van der Waals surface area (Å²) < 4.78 is 5.07. The van der Waals surface area contributed by atoms with Crippen molar-refractivity contribution in [2.75, 3.05) is 0 Å². The first kappa shape index (κ1) is 42.9. The van der Waals surface area contributed by atoms with Gasteiger partial charge in [0.2, 0.25) is 0 Å². The van der Waals surface area contributed by atoms with Gasteiger partial charge in [-0.25, -0.2) is 0 Å². The van der Waals surface area contributed by atoms with E-state index in [0.29, 0.717) is 0 Å². The van der Waals surface area contributed by atoms with Crippen molar-refractivity contribution in [3.05, 3.63) is 144 Å². The Kier molecular flexibility index (Phi) is 15.1. The molecule has 4 heteroatoms. The zero-order valence-electron chi connectivity index (χ0n) is 37.4. The maximum Gasteiger partial charge on any atom is 0.0886 e. The molecule has 4 aromatic heterocycles. The third-order valence-electron chi connectivity index (χ3n) is 12.8. The number of para-hydroxylation sites is 2. The standard InChI is InChI=1S/C58H66N4/c1-3-5-7-9-11-13-15-21-39-61-55-25-19-17-23-49(55)51-41-45(33-37-57(51)61)27-29-47-31-35-53(59-43-47)54-36-32-48(44-60-54)30-28-46-34-38-58-52(42-46)50-24-18-20-26-56(50)62(58)40-22-16-14-12-10-8-6-4-2/h17-20,23-38,41-44H,3-16,21-22,39-40H2,1-2H3. The van der Waals surface area contributed by atoms with Crippen molar-refractivity contribution in [3.8, 4) is 11.4 Å². The van der Waals surface area contributed by atoms with Crippen LogP contribution in [-0.4, -0.2) is 19.1 Å². The number of rotatable bonds is 23. The lowest BCUT2D eigenvalue weighted by Gasteiger charge is -2.08. The Balaban J connectivity index is 0.877. The van der Waals surface area contributed by atoms with Gasteiger partial charge in [0, 0.05) is 69.1 Å². The van der Waals surface area contributed by atoms with E-state index in [4.69, 9.17) is 9.97 Å². The minimum atomic E-state index is 0.872. The Morgan fingerprint density at radius 2 is 0.710 bits per heavy atom. The fraction of sp³-hybridized carbons (Fsp3) is 0.345. The Morgan fingerprint density at radius 1 is 0.355 bits per heavy atom. The van der Waals surface area contributed by atoms with Gasteiger partial charge in [-0.3, -0.25) is 9.97 Å². The Bertz CT molecular complexity index is 2520. The highest BCUT2D eigenvalue weighted by molar-refractivity contribution is 6.09. The number of nitrogens with zero attached hydrogens (tertiary/aromatic N) is 4. The summed E-state index contributed by atoms with van der Waals surface area (Å²) in [5.74, 6) is 0. The minimum Gasteiger partial charge on any atom is -0.340 e. The number of benzene rings is 4. The van der Waals surface area contributed by atoms with Crippen LogP contribution in [0.2, 0.25) is 0 Å². The van der Waals surface area contributed by atoms with Crippen molar-refractivity contribution < 1.29 is 0 Å². The van der Waals surface area contributed by atoms with Gasteiger partial charge in [-0.1, -0.05) is 189 Å². The average Bonchev–Trinajstić information content (AvgIpc) is 3.80. The van der Waals surface area contributed by atoms with Gasteiger partial charge < -0.3 is 9.13 Å². The van der Waals surface area contributed by atoms with E-state index in [9.17, 15) is 0 Å².